The number of nitrogens with one attached hydrogen (secondary N) is 1. The van der Waals surface area contributed by atoms with Crippen molar-refractivity contribution < 1.29 is 4.74 Å². The zero-order valence-corrected chi connectivity index (χ0v) is 11.3. The molecule has 98 valence electrons. The summed E-state index contributed by atoms with van der Waals surface area (Å²) in [4.78, 5) is 2.44. The molecule has 18 heavy (non-hydrogen) atoms. The molecule has 0 saturated carbocycles. The zero-order valence-electron chi connectivity index (χ0n) is 11.3. The molecule has 0 bridgehead atoms. The quantitative estimate of drug-likeness (QED) is 0.868. The third kappa shape index (κ3) is 2.32. The first-order valence-corrected chi connectivity index (χ1v) is 6.95. The third-order valence-electron chi connectivity index (χ3n) is 4.27. The molecule has 2 aliphatic rings. The average Bonchev–Trinajstić information content (AvgIpc) is 2.81. The number of fused-ring (bicyclic) bond motifs is 1. The normalized spacial score (nSPS) is 27.7. The largest absolute Gasteiger partial charge is 0.493 e. The van der Waals surface area contributed by atoms with E-state index in [1.807, 2.05) is 0 Å². The third-order valence-corrected chi connectivity index (χ3v) is 4.27. The highest BCUT2D eigenvalue weighted by Crippen LogP contribution is 2.29. The predicted molar refractivity (Wildman–Crippen MR) is 74.4 cm³/mol. The van der Waals surface area contributed by atoms with Crippen LogP contribution in [-0.4, -0.2) is 37.2 Å². The van der Waals surface area contributed by atoms with Gasteiger partial charge in [-0.1, -0.05) is 0 Å². The van der Waals surface area contributed by atoms with Gasteiger partial charge in [-0.3, -0.25) is 0 Å². The molecule has 0 spiro atoms. The van der Waals surface area contributed by atoms with Crippen molar-refractivity contribution in [1.82, 2.24) is 4.90 Å². The monoisotopic (exact) mass is 246 g/mol. The van der Waals surface area contributed by atoms with Gasteiger partial charge in [0.15, 0.2) is 0 Å². The Morgan fingerprint density at radius 2 is 2.28 bits per heavy atom. The SMILES string of the molecule is CC1CC(Nc2ccc3c(c2)CCO3)CCN1C. The van der Waals surface area contributed by atoms with Crippen LogP contribution in [0.5, 0.6) is 5.75 Å². The number of benzene rings is 1. The van der Waals surface area contributed by atoms with Gasteiger partial charge >= 0.3 is 0 Å². The molecule has 3 nitrogen and oxygen atoms in total. The summed E-state index contributed by atoms with van der Waals surface area (Å²) in [5, 5.41) is 3.68. The van der Waals surface area contributed by atoms with E-state index in [0.29, 0.717) is 12.1 Å². The maximum atomic E-state index is 5.54. The second-order valence-electron chi connectivity index (χ2n) is 5.62. The first-order chi connectivity index (χ1) is 8.72. The van der Waals surface area contributed by atoms with Gasteiger partial charge in [0.2, 0.25) is 0 Å². The van der Waals surface area contributed by atoms with Gasteiger partial charge in [-0.25, -0.2) is 0 Å². The highest BCUT2D eigenvalue weighted by molar-refractivity contribution is 5.53. The van der Waals surface area contributed by atoms with Gasteiger partial charge in [0.05, 0.1) is 6.61 Å². The second kappa shape index (κ2) is 4.81. The lowest BCUT2D eigenvalue weighted by Crippen LogP contribution is -2.42. The molecular weight excluding hydrogens is 224 g/mol. The first kappa shape index (κ1) is 11.8. The van der Waals surface area contributed by atoms with Crippen LogP contribution in [0.4, 0.5) is 5.69 Å². The van der Waals surface area contributed by atoms with E-state index in [2.05, 4.69) is 42.4 Å². The van der Waals surface area contributed by atoms with Crippen molar-refractivity contribution in [3.63, 3.8) is 0 Å². The van der Waals surface area contributed by atoms with Gasteiger partial charge in [-0.2, -0.15) is 0 Å². The van der Waals surface area contributed by atoms with Crippen molar-refractivity contribution in [3.8, 4) is 5.75 Å². The molecule has 0 radical (unpaired) electrons. The van der Waals surface area contributed by atoms with Gasteiger partial charge in [0.1, 0.15) is 5.75 Å². The van der Waals surface area contributed by atoms with Crippen molar-refractivity contribution in [2.75, 3.05) is 25.5 Å². The van der Waals surface area contributed by atoms with Gasteiger partial charge in [-0.15, -0.1) is 0 Å². The van der Waals surface area contributed by atoms with Crippen LogP contribution in [-0.2, 0) is 6.42 Å². The van der Waals surface area contributed by atoms with Crippen LogP contribution in [0.25, 0.3) is 0 Å². The summed E-state index contributed by atoms with van der Waals surface area (Å²) in [5.74, 6) is 1.07. The molecule has 1 aromatic carbocycles. The van der Waals surface area contributed by atoms with Crippen LogP contribution >= 0.6 is 0 Å². The van der Waals surface area contributed by atoms with E-state index in [0.717, 1.165) is 18.8 Å². The van der Waals surface area contributed by atoms with Crippen molar-refractivity contribution in [2.24, 2.45) is 0 Å². The fourth-order valence-electron chi connectivity index (χ4n) is 2.93. The Labute approximate surface area is 109 Å². The molecule has 3 heteroatoms. The van der Waals surface area contributed by atoms with E-state index in [1.54, 1.807) is 0 Å². The lowest BCUT2D eigenvalue weighted by Gasteiger charge is -2.35. The second-order valence-corrected chi connectivity index (χ2v) is 5.62. The summed E-state index contributed by atoms with van der Waals surface area (Å²) in [6.07, 6.45) is 3.51. The molecule has 1 saturated heterocycles. The zero-order chi connectivity index (χ0) is 12.5. The van der Waals surface area contributed by atoms with Gasteiger partial charge in [0.25, 0.3) is 0 Å². The smallest absolute Gasteiger partial charge is 0.122 e. The summed E-state index contributed by atoms with van der Waals surface area (Å²) in [6.45, 7) is 4.33. The van der Waals surface area contributed by atoms with Gasteiger partial charge < -0.3 is 15.0 Å². The van der Waals surface area contributed by atoms with Crippen LogP contribution in [0.1, 0.15) is 25.3 Å². The van der Waals surface area contributed by atoms with Crippen molar-refractivity contribution >= 4 is 5.69 Å². The van der Waals surface area contributed by atoms with Gasteiger partial charge in [-0.05, 0) is 50.6 Å². The molecule has 2 aliphatic heterocycles. The summed E-state index contributed by atoms with van der Waals surface area (Å²) in [6, 6.07) is 7.78. The first-order valence-electron chi connectivity index (χ1n) is 6.95. The molecule has 1 fully saturated rings. The highest BCUT2D eigenvalue weighted by atomic mass is 16.5. The minimum atomic E-state index is 0.608. The molecular formula is C15H22N2O. The van der Waals surface area contributed by atoms with Crippen LogP contribution in [0.15, 0.2) is 18.2 Å². The topological polar surface area (TPSA) is 24.5 Å². The number of piperidine rings is 1. The summed E-state index contributed by atoms with van der Waals surface area (Å²) in [7, 11) is 2.22. The molecule has 0 aromatic heterocycles. The number of anilines is 1. The number of ether oxygens (including phenoxy) is 1. The molecule has 2 unspecified atom stereocenters. The van der Waals surface area contributed by atoms with Crippen molar-refractivity contribution in [2.45, 2.75) is 38.3 Å². The van der Waals surface area contributed by atoms with Crippen LogP contribution in [0.3, 0.4) is 0 Å². The van der Waals surface area contributed by atoms with Crippen molar-refractivity contribution in [3.05, 3.63) is 23.8 Å². The minimum Gasteiger partial charge on any atom is -0.493 e. The Morgan fingerprint density at radius 3 is 3.11 bits per heavy atom. The summed E-state index contributed by atoms with van der Waals surface area (Å²) in [5.41, 5.74) is 2.60. The number of likely N-dealkylation sites (tertiary alicyclic amines) is 1. The van der Waals surface area contributed by atoms with Crippen LogP contribution in [0.2, 0.25) is 0 Å². The number of nitrogens with zero attached hydrogens (tertiary/aromatic N) is 1. The number of hydrogen-bond donors (Lipinski definition) is 1. The minimum absolute atomic E-state index is 0.608. The van der Waals surface area contributed by atoms with E-state index in [1.165, 1.54) is 30.6 Å². The molecule has 2 heterocycles. The fourth-order valence-corrected chi connectivity index (χ4v) is 2.93. The van der Waals surface area contributed by atoms with Crippen LogP contribution in [0, 0.1) is 0 Å². The standard InChI is InChI=1S/C15H22N2O/c1-11-9-14(5-7-17(11)2)16-13-3-4-15-12(10-13)6-8-18-15/h3-4,10-11,14,16H,5-9H2,1-2H3. The molecule has 1 N–H and O–H groups in total. The van der Waals surface area contributed by atoms with E-state index < -0.39 is 0 Å². The Morgan fingerprint density at radius 1 is 1.39 bits per heavy atom. The van der Waals surface area contributed by atoms with E-state index in [-0.39, 0.29) is 0 Å². The molecule has 0 aliphatic carbocycles. The maximum Gasteiger partial charge on any atom is 0.122 e. The Balaban J connectivity index is 1.66. The van der Waals surface area contributed by atoms with E-state index in [9.17, 15) is 0 Å². The van der Waals surface area contributed by atoms with E-state index >= 15 is 0 Å². The predicted octanol–water partition coefficient (Wildman–Crippen LogP) is 2.52. The molecule has 0 amide bonds. The molecule has 1 aromatic rings. The number of hydrogen-bond acceptors (Lipinski definition) is 3. The van der Waals surface area contributed by atoms with Gasteiger partial charge in [0, 0.05) is 30.7 Å². The average molecular weight is 246 g/mol. The molecule has 2 atom stereocenters. The van der Waals surface area contributed by atoms with Crippen LogP contribution < -0.4 is 10.1 Å². The Hall–Kier alpha value is -1.22. The summed E-state index contributed by atoms with van der Waals surface area (Å²) < 4.78 is 5.54. The van der Waals surface area contributed by atoms with E-state index in [4.69, 9.17) is 4.74 Å². The Bertz CT molecular complexity index is 433. The van der Waals surface area contributed by atoms with Crippen molar-refractivity contribution in [1.29, 1.82) is 0 Å². The summed E-state index contributed by atoms with van der Waals surface area (Å²) >= 11 is 0. The highest BCUT2D eigenvalue weighted by Gasteiger charge is 2.22. The lowest BCUT2D eigenvalue weighted by molar-refractivity contribution is 0.190. The maximum absolute atomic E-state index is 5.54. The molecule has 3 rings (SSSR count). The number of rotatable bonds is 2. The fraction of sp³-hybridized carbons (Fsp3) is 0.600. The Kier molecular flexibility index (Phi) is 3.16. The lowest BCUT2D eigenvalue weighted by atomic mass is 9.98.